The second kappa shape index (κ2) is 17.0. The molecule has 1 saturated heterocycles. The minimum Gasteiger partial charge on any atom is -0.497 e. The van der Waals surface area contributed by atoms with Crippen LogP contribution in [0.3, 0.4) is 0 Å². The molecular formula is C34H44N8O7. The third kappa shape index (κ3) is 9.20. The molecule has 2 amide bonds. The van der Waals surface area contributed by atoms with Gasteiger partial charge < -0.3 is 46.1 Å². The lowest BCUT2D eigenvalue weighted by atomic mass is 9.91. The Morgan fingerprint density at radius 3 is 2.51 bits per heavy atom. The summed E-state index contributed by atoms with van der Waals surface area (Å²) in [6.45, 7) is 1.49. The van der Waals surface area contributed by atoms with Crippen LogP contribution in [-0.2, 0) is 27.2 Å². The first-order chi connectivity index (χ1) is 23.8. The second-order valence-corrected chi connectivity index (χ2v) is 12.0. The van der Waals surface area contributed by atoms with Gasteiger partial charge in [-0.3, -0.25) is 9.36 Å². The van der Waals surface area contributed by atoms with E-state index in [9.17, 15) is 19.8 Å². The van der Waals surface area contributed by atoms with Crippen molar-refractivity contribution in [3.05, 3.63) is 78.4 Å². The fourth-order valence-corrected chi connectivity index (χ4v) is 5.98. The SMILES string of the molecule is COC(=O)NC(CC[C@H](CNCc1ccccc1)C[C@H]1O[C@@H](n2cnc3c(N)ncnc32)C(O)C1O)C(=O)NCCc1ccc(OC)cc1. The number of nitrogens with one attached hydrogen (secondary N) is 3. The summed E-state index contributed by atoms with van der Waals surface area (Å²) in [7, 11) is 2.85. The van der Waals surface area contributed by atoms with Gasteiger partial charge in [0.1, 0.15) is 35.8 Å². The molecule has 4 aromatic rings. The largest absolute Gasteiger partial charge is 0.497 e. The van der Waals surface area contributed by atoms with Gasteiger partial charge in [0.25, 0.3) is 0 Å². The first kappa shape index (κ1) is 35.5. The lowest BCUT2D eigenvalue weighted by Crippen LogP contribution is -2.47. The number of carbonyl (C=O) groups is 2. The Hall–Kier alpha value is -4.83. The molecule has 49 heavy (non-hydrogen) atoms. The zero-order valence-corrected chi connectivity index (χ0v) is 27.6. The van der Waals surface area contributed by atoms with Gasteiger partial charge in [0.05, 0.1) is 26.7 Å². The van der Waals surface area contributed by atoms with Gasteiger partial charge in [-0.1, -0.05) is 42.5 Å². The number of hydrogen-bond acceptors (Lipinski definition) is 12. The van der Waals surface area contributed by atoms with Gasteiger partial charge >= 0.3 is 6.09 Å². The predicted octanol–water partition coefficient (Wildman–Crippen LogP) is 1.70. The highest BCUT2D eigenvalue weighted by molar-refractivity contribution is 5.85. The van der Waals surface area contributed by atoms with Crippen molar-refractivity contribution in [3.63, 3.8) is 0 Å². The summed E-state index contributed by atoms with van der Waals surface area (Å²) in [6.07, 6.45) is -0.417. The minimum atomic E-state index is -1.26. The average Bonchev–Trinajstić information content (AvgIpc) is 3.67. The molecule has 0 bridgehead atoms. The molecule has 262 valence electrons. The highest BCUT2D eigenvalue weighted by atomic mass is 16.6. The number of aromatic nitrogens is 4. The Balaban J connectivity index is 1.25. The number of anilines is 1. The molecule has 6 atom stereocenters. The minimum absolute atomic E-state index is 0.124. The van der Waals surface area contributed by atoms with E-state index in [1.165, 1.54) is 24.3 Å². The number of amides is 2. The highest BCUT2D eigenvalue weighted by Crippen LogP contribution is 2.35. The maximum absolute atomic E-state index is 13.3. The number of aliphatic hydroxyl groups is 2. The van der Waals surface area contributed by atoms with E-state index in [4.69, 9.17) is 19.9 Å². The van der Waals surface area contributed by atoms with Crippen LogP contribution < -0.4 is 26.4 Å². The quantitative estimate of drug-likeness (QED) is 0.100. The van der Waals surface area contributed by atoms with Crippen LogP contribution in [0.1, 0.15) is 36.6 Å². The third-order valence-electron chi connectivity index (χ3n) is 8.70. The molecule has 15 heteroatoms. The van der Waals surface area contributed by atoms with Crippen LogP contribution >= 0.6 is 0 Å². The summed E-state index contributed by atoms with van der Waals surface area (Å²) in [5, 5.41) is 31.2. The van der Waals surface area contributed by atoms with Crippen LogP contribution in [0.25, 0.3) is 11.2 Å². The van der Waals surface area contributed by atoms with E-state index in [2.05, 4.69) is 30.9 Å². The van der Waals surface area contributed by atoms with E-state index in [0.29, 0.717) is 50.1 Å². The number of ether oxygens (including phenoxy) is 3. The molecule has 0 saturated carbocycles. The number of nitrogen functional groups attached to an aromatic ring is 1. The number of imidazole rings is 1. The molecule has 5 rings (SSSR count). The fourth-order valence-electron chi connectivity index (χ4n) is 5.98. The summed E-state index contributed by atoms with van der Waals surface area (Å²) in [5.74, 6) is 0.480. The van der Waals surface area contributed by atoms with Crippen molar-refractivity contribution in [1.82, 2.24) is 35.5 Å². The summed E-state index contributed by atoms with van der Waals surface area (Å²) >= 11 is 0. The van der Waals surface area contributed by atoms with Gasteiger partial charge in [0, 0.05) is 13.1 Å². The lowest BCUT2D eigenvalue weighted by Gasteiger charge is -2.25. The summed E-state index contributed by atoms with van der Waals surface area (Å²) < 4.78 is 17.8. The fraction of sp³-hybridized carbons (Fsp3) is 0.441. The summed E-state index contributed by atoms with van der Waals surface area (Å²) in [6, 6.07) is 16.6. The van der Waals surface area contributed by atoms with E-state index >= 15 is 0 Å². The molecule has 1 fully saturated rings. The molecule has 1 aliphatic heterocycles. The standard InChI is InChI=1S/C34H44N8O7/c1-47-24-11-8-21(9-12-24)14-15-37-32(45)25(41-34(46)48-2)13-10-23(18-36-17-22-6-4-3-5-7-22)16-26-28(43)29(44)33(49-26)42-20-40-27-30(35)38-19-39-31(27)42/h3-9,11-12,19-20,23,25-26,28-29,33,36,43-44H,10,13-18H2,1-2H3,(H,37,45)(H,41,46)(H2,35,38,39)/t23-,25?,26+,28?,29?,33+/m0/s1. The van der Waals surface area contributed by atoms with Gasteiger partial charge in [-0.25, -0.2) is 19.7 Å². The van der Waals surface area contributed by atoms with Crippen molar-refractivity contribution >= 4 is 29.0 Å². The van der Waals surface area contributed by atoms with E-state index < -0.39 is 36.7 Å². The Bertz CT molecular complexity index is 1660. The Labute approximate surface area is 284 Å². The van der Waals surface area contributed by atoms with Gasteiger partial charge in [0.15, 0.2) is 17.7 Å². The predicted molar refractivity (Wildman–Crippen MR) is 180 cm³/mol. The Morgan fingerprint density at radius 2 is 1.78 bits per heavy atom. The van der Waals surface area contributed by atoms with Crippen molar-refractivity contribution in [3.8, 4) is 5.75 Å². The van der Waals surface area contributed by atoms with Crippen LogP contribution in [0.15, 0.2) is 67.3 Å². The van der Waals surface area contributed by atoms with Crippen LogP contribution in [0.2, 0.25) is 0 Å². The molecular weight excluding hydrogens is 632 g/mol. The number of methoxy groups -OCH3 is 2. The van der Waals surface area contributed by atoms with Crippen molar-refractivity contribution < 1.29 is 34.0 Å². The maximum atomic E-state index is 13.3. The Kier molecular flexibility index (Phi) is 12.3. The molecule has 1 aliphatic rings. The van der Waals surface area contributed by atoms with Crippen LogP contribution in [0.5, 0.6) is 5.75 Å². The number of benzene rings is 2. The van der Waals surface area contributed by atoms with Crippen LogP contribution in [-0.4, -0.2) is 93.4 Å². The van der Waals surface area contributed by atoms with Crippen molar-refractivity contribution in [2.45, 2.75) is 62.8 Å². The van der Waals surface area contributed by atoms with Gasteiger partial charge in [0.2, 0.25) is 5.91 Å². The molecule has 2 aromatic carbocycles. The van der Waals surface area contributed by atoms with Gasteiger partial charge in [-0.05, 0) is 61.4 Å². The van der Waals surface area contributed by atoms with Gasteiger partial charge in [-0.15, -0.1) is 0 Å². The smallest absolute Gasteiger partial charge is 0.407 e. The van der Waals surface area contributed by atoms with Crippen molar-refractivity contribution in [2.24, 2.45) is 5.92 Å². The lowest BCUT2D eigenvalue weighted by molar-refractivity contribution is -0.123. The molecule has 15 nitrogen and oxygen atoms in total. The number of aliphatic hydroxyl groups excluding tert-OH is 2. The third-order valence-corrected chi connectivity index (χ3v) is 8.70. The molecule has 2 aromatic heterocycles. The molecule has 3 heterocycles. The van der Waals surface area contributed by atoms with Crippen LogP contribution in [0, 0.1) is 5.92 Å². The Morgan fingerprint density at radius 1 is 1.00 bits per heavy atom. The first-order valence-electron chi connectivity index (χ1n) is 16.2. The maximum Gasteiger partial charge on any atom is 0.407 e. The number of fused-ring (bicyclic) bond motifs is 1. The van der Waals surface area contributed by atoms with Gasteiger partial charge in [-0.2, -0.15) is 0 Å². The van der Waals surface area contributed by atoms with Crippen LogP contribution in [0.4, 0.5) is 10.6 Å². The molecule has 0 aliphatic carbocycles. The van der Waals surface area contributed by atoms with E-state index in [0.717, 1.165) is 16.9 Å². The molecule has 0 radical (unpaired) electrons. The summed E-state index contributed by atoms with van der Waals surface area (Å²) in [4.78, 5) is 38.0. The number of nitrogens with two attached hydrogens (primary N) is 1. The highest BCUT2D eigenvalue weighted by Gasteiger charge is 2.45. The number of hydrogen-bond donors (Lipinski definition) is 6. The molecule has 3 unspecified atom stereocenters. The first-order valence-corrected chi connectivity index (χ1v) is 16.2. The van der Waals surface area contributed by atoms with E-state index in [1.54, 1.807) is 7.11 Å². The van der Waals surface area contributed by atoms with Crippen molar-refractivity contribution in [2.75, 3.05) is 33.0 Å². The zero-order valence-electron chi connectivity index (χ0n) is 27.6. The number of rotatable bonds is 16. The van der Waals surface area contributed by atoms with E-state index in [-0.39, 0.29) is 24.1 Å². The number of carbonyl (C=O) groups excluding carboxylic acids is 2. The number of alkyl carbamates (subject to hydrolysis) is 1. The number of nitrogens with zero attached hydrogens (tertiary/aromatic N) is 4. The summed E-state index contributed by atoms with van der Waals surface area (Å²) in [5.41, 5.74) is 8.81. The molecule has 0 spiro atoms. The molecule has 7 N–H and O–H groups in total. The zero-order chi connectivity index (χ0) is 34.8. The average molecular weight is 677 g/mol. The van der Waals surface area contributed by atoms with E-state index in [1.807, 2.05) is 54.6 Å². The second-order valence-electron chi connectivity index (χ2n) is 12.0. The topological polar surface area (TPSA) is 208 Å². The normalized spacial score (nSPS) is 20.1. The van der Waals surface area contributed by atoms with Crippen molar-refractivity contribution in [1.29, 1.82) is 0 Å². The monoisotopic (exact) mass is 676 g/mol.